The van der Waals surface area contributed by atoms with Crippen molar-refractivity contribution in [3.63, 3.8) is 0 Å². The maximum absolute atomic E-state index is 3.55. The standard InChI is InChI=1S/C16H30N2/c1-15(2)13-17-11-12-18(15)14-5-9-16(10-6-14)7-3-4-8-16/h14,17H,3-13H2,1-2H3. The molecule has 2 nitrogen and oxygen atoms in total. The van der Waals surface area contributed by atoms with Crippen molar-refractivity contribution in [2.45, 2.75) is 76.8 Å². The molecule has 1 heterocycles. The van der Waals surface area contributed by atoms with Crippen molar-refractivity contribution in [1.29, 1.82) is 0 Å². The van der Waals surface area contributed by atoms with Crippen molar-refractivity contribution in [3.05, 3.63) is 0 Å². The SMILES string of the molecule is CC1(C)CNCCN1C1CCC2(CCCC2)CC1. The van der Waals surface area contributed by atoms with Gasteiger partial charge in [-0.05, 0) is 57.8 Å². The van der Waals surface area contributed by atoms with Crippen LogP contribution in [0.5, 0.6) is 0 Å². The Bertz CT molecular complexity index is 281. The minimum Gasteiger partial charge on any atom is -0.314 e. The van der Waals surface area contributed by atoms with Crippen molar-refractivity contribution in [1.82, 2.24) is 10.2 Å². The third-order valence-corrected chi connectivity index (χ3v) is 5.99. The molecule has 1 saturated heterocycles. The lowest BCUT2D eigenvalue weighted by Crippen LogP contribution is -2.61. The molecule has 3 fully saturated rings. The quantitative estimate of drug-likeness (QED) is 0.769. The third kappa shape index (κ3) is 2.34. The van der Waals surface area contributed by atoms with Crippen LogP contribution in [0.25, 0.3) is 0 Å². The second-order valence-corrected chi connectivity index (χ2v) is 7.62. The monoisotopic (exact) mass is 250 g/mol. The number of nitrogens with one attached hydrogen (secondary N) is 1. The van der Waals surface area contributed by atoms with Crippen molar-refractivity contribution >= 4 is 0 Å². The van der Waals surface area contributed by atoms with E-state index in [1.165, 1.54) is 64.5 Å². The maximum Gasteiger partial charge on any atom is 0.0281 e. The van der Waals surface area contributed by atoms with Gasteiger partial charge < -0.3 is 5.32 Å². The summed E-state index contributed by atoms with van der Waals surface area (Å²) in [5.74, 6) is 0. The first-order valence-electron chi connectivity index (χ1n) is 8.09. The van der Waals surface area contributed by atoms with Gasteiger partial charge in [0, 0.05) is 31.2 Å². The van der Waals surface area contributed by atoms with Gasteiger partial charge in [0.1, 0.15) is 0 Å². The zero-order valence-electron chi connectivity index (χ0n) is 12.3. The topological polar surface area (TPSA) is 15.3 Å². The van der Waals surface area contributed by atoms with Crippen LogP contribution in [0.3, 0.4) is 0 Å². The highest BCUT2D eigenvalue weighted by Crippen LogP contribution is 2.50. The van der Waals surface area contributed by atoms with Gasteiger partial charge in [0.2, 0.25) is 0 Å². The molecular formula is C16H30N2. The number of hydrogen-bond donors (Lipinski definition) is 1. The highest BCUT2D eigenvalue weighted by Gasteiger charge is 2.42. The zero-order chi connectivity index (χ0) is 12.6. The Morgan fingerprint density at radius 2 is 1.67 bits per heavy atom. The molecule has 18 heavy (non-hydrogen) atoms. The summed E-state index contributed by atoms with van der Waals surface area (Å²) < 4.78 is 0. The molecule has 0 radical (unpaired) electrons. The first-order chi connectivity index (χ1) is 8.61. The summed E-state index contributed by atoms with van der Waals surface area (Å²) in [7, 11) is 0. The lowest BCUT2D eigenvalue weighted by Gasteiger charge is -2.50. The summed E-state index contributed by atoms with van der Waals surface area (Å²) in [6.07, 6.45) is 12.0. The molecule has 2 heteroatoms. The smallest absolute Gasteiger partial charge is 0.0281 e. The Morgan fingerprint density at radius 3 is 2.28 bits per heavy atom. The van der Waals surface area contributed by atoms with Crippen LogP contribution in [0.4, 0.5) is 0 Å². The summed E-state index contributed by atoms with van der Waals surface area (Å²) in [6, 6.07) is 0.869. The highest BCUT2D eigenvalue weighted by molar-refractivity contribution is 4.97. The Kier molecular flexibility index (Phi) is 3.44. The van der Waals surface area contributed by atoms with Crippen LogP contribution < -0.4 is 5.32 Å². The molecular weight excluding hydrogens is 220 g/mol. The molecule has 0 unspecified atom stereocenters. The first-order valence-corrected chi connectivity index (χ1v) is 8.09. The Balaban J connectivity index is 1.61. The van der Waals surface area contributed by atoms with Crippen molar-refractivity contribution in [3.8, 4) is 0 Å². The van der Waals surface area contributed by atoms with E-state index in [2.05, 4.69) is 24.1 Å². The molecule has 0 atom stereocenters. The number of rotatable bonds is 1. The minimum absolute atomic E-state index is 0.364. The molecule has 0 aromatic heterocycles. The van der Waals surface area contributed by atoms with Gasteiger partial charge >= 0.3 is 0 Å². The van der Waals surface area contributed by atoms with Crippen LogP contribution in [-0.4, -0.2) is 36.1 Å². The molecule has 2 aliphatic carbocycles. The van der Waals surface area contributed by atoms with Crippen LogP contribution in [-0.2, 0) is 0 Å². The van der Waals surface area contributed by atoms with Gasteiger partial charge in [-0.25, -0.2) is 0 Å². The molecule has 0 aromatic carbocycles. The largest absolute Gasteiger partial charge is 0.314 e. The van der Waals surface area contributed by atoms with Gasteiger partial charge in [-0.15, -0.1) is 0 Å². The van der Waals surface area contributed by atoms with E-state index in [4.69, 9.17) is 0 Å². The van der Waals surface area contributed by atoms with E-state index in [0.717, 1.165) is 18.0 Å². The molecule has 0 amide bonds. The van der Waals surface area contributed by atoms with E-state index in [0.29, 0.717) is 5.54 Å². The molecule has 1 spiro atoms. The molecule has 1 aliphatic heterocycles. The van der Waals surface area contributed by atoms with Gasteiger partial charge in [0.25, 0.3) is 0 Å². The highest BCUT2D eigenvalue weighted by atomic mass is 15.3. The minimum atomic E-state index is 0.364. The van der Waals surface area contributed by atoms with Crippen molar-refractivity contribution in [2.75, 3.05) is 19.6 Å². The summed E-state index contributed by atoms with van der Waals surface area (Å²) in [5.41, 5.74) is 1.15. The molecule has 3 aliphatic rings. The summed E-state index contributed by atoms with van der Waals surface area (Å²) in [5, 5.41) is 3.55. The van der Waals surface area contributed by atoms with Gasteiger partial charge in [-0.1, -0.05) is 12.8 Å². The van der Waals surface area contributed by atoms with E-state index >= 15 is 0 Å². The van der Waals surface area contributed by atoms with Gasteiger partial charge in [0.15, 0.2) is 0 Å². The lowest BCUT2D eigenvalue weighted by molar-refractivity contribution is 0.00659. The zero-order valence-corrected chi connectivity index (χ0v) is 12.3. The molecule has 0 bridgehead atoms. The average Bonchev–Trinajstić information content (AvgIpc) is 2.79. The Morgan fingerprint density at radius 1 is 1.00 bits per heavy atom. The van der Waals surface area contributed by atoms with Gasteiger partial charge in [0.05, 0.1) is 0 Å². The van der Waals surface area contributed by atoms with Gasteiger partial charge in [-0.2, -0.15) is 0 Å². The fourth-order valence-corrected chi connectivity index (χ4v) is 4.83. The van der Waals surface area contributed by atoms with Crippen LogP contribution in [0.15, 0.2) is 0 Å². The van der Waals surface area contributed by atoms with Crippen LogP contribution >= 0.6 is 0 Å². The van der Waals surface area contributed by atoms with Crippen LogP contribution in [0.2, 0.25) is 0 Å². The second-order valence-electron chi connectivity index (χ2n) is 7.62. The van der Waals surface area contributed by atoms with Crippen LogP contribution in [0.1, 0.15) is 65.2 Å². The normalized spacial score (nSPS) is 33.0. The van der Waals surface area contributed by atoms with Crippen molar-refractivity contribution < 1.29 is 0 Å². The molecule has 0 aromatic rings. The fourth-order valence-electron chi connectivity index (χ4n) is 4.83. The summed E-state index contributed by atoms with van der Waals surface area (Å²) in [4.78, 5) is 2.81. The lowest BCUT2D eigenvalue weighted by atomic mass is 9.70. The van der Waals surface area contributed by atoms with E-state index < -0.39 is 0 Å². The predicted octanol–water partition coefficient (Wildman–Crippen LogP) is 3.17. The Labute approximate surface area is 113 Å². The summed E-state index contributed by atoms with van der Waals surface area (Å²) >= 11 is 0. The second kappa shape index (κ2) is 4.79. The van der Waals surface area contributed by atoms with E-state index in [1.807, 2.05) is 0 Å². The first kappa shape index (κ1) is 12.9. The fraction of sp³-hybridized carbons (Fsp3) is 1.00. The molecule has 104 valence electrons. The predicted molar refractivity (Wildman–Crippen MR) is 76.8 cm³/mol. The average molecular weight is 250 g/mol. The number of hydrogen-bond acceptors (Lipinski definition) is 2. The third-order valence-electron chi connectivity index (χ3n) is 5.99. The maximum atomic E-state index is 3.55. The molecule has 2 saturated carbocycles. The number of piperazine rings is 1. The molecule has 1 N–H and O–H groups in total. The molecule has 3 rings (SSSR count). The summed E-state index contributed by atoms with van der Waals surface area (Å²) in [6.45, 7) is 8.43. The van der Waals surface area contributed by atoms with E-state index in [1.54, 1.807) is 0 Å². The van der Waals surface area contributed by atoms with Crippen LogP contribution in [0, 0.1) is 5.41 Å². The number of nitrogens with zero attached hydrogens (tertiary/aromatic N) is 1. The van der Waals surface area contributed by atoms with E-state index in [-0.39, 0.29) is 0 Å². The van der Waals surface area contributed by atoms with Crippen molar-refractivity contribution in [2.24, 2.45) is 5.41 Å². The Hall–Kier alpha value is -0.0800. The van der Waals surface area contributed by atoms with E-state index in [9.17, 15) is 0 Å². The van der Waals surface area contributed by atoms with Gasteiger partial charge in [-0.3, -0.25) is 4.90 Å².